The maximum Gasteiger partial charge on any atom is 0.108 e. The number of piperazine rings is 1. The molecule has 1 aliphatic carbocycles. The first-order valence-electron chi connectivity index (χ1n) is 9.37. The second kappa shape index (κ2) is 9.84. The van der Waals surface area contributed by atoms with Crippen LogP contribution in [0.5, 0.6) is 0 Å². The lowest BCUT2D eigenvalue weighted by molar-refractivity contribution is -0.0745. The summed E-state index contributed by atoms with van der Waals surface area (Å²) < 4.78 is 19.5. The molecule has 3 rings (SSSR count). The first-order chi connectivity index (χ1) is 10.6. The summed E-state index contributed by atoms with van der Waals surface area (Å²) >= 11 is 0. The molecule has 3 fully saturated rings. The number of alkyl halides is 1. The monoisotopic (exact) mass is 316 g/mol. The maximum absolute atomic E-state index is 13.8. The molecule has 0 aromatic heterocycles. The highest BCUT2D eigenvalue weighted by Crippen LogP contribution is 2.35. The number of hydrogen-bond acceptors (Lipinski definition) is 3. The molecule has 1 N–H and O–H groups in total. The lowest BCUT2D eigenvalue weighted by Gasteiger charge is -2.48. The Kier molecular flexibility index (Phi) is 8.88. The van der Waals surface area contributed by atoms with E-state index in [0.29, 0.717) is 18.0 Å². The number of morpholine rings is 1. The highest BCUT2D eigenvalue weighted by atomic mass is 19.1. The van der Waals surface area contributed by atoms with Gasteiger partial charge in [0.2, 0.25) is 0 Å². The Balaban J connectivity index is 0.000000561. The van der Waals surface area contributed by atoms with Crippen molar-refractivity contribution in [3.8, 4) is 0 Å². The fourth-order valence-electron chi connectivity index (χ4n) is 3.66. The van der Waals surface area contributed by atoms with Crippen LogP contribution in [0.15, 0.2) is 0 Å². The molecule has 132 valence electrons. The second-order valence-electron chi connectivity index (χ2n) is 6.56. The number of nitrogens with zero attached hydrogens (tertiary/aromatic N) is 1. The Morgan fingerprint density at radius 2 is 1.55 bits per heavy atom. The van der Waals surface area contributed by atoms with E-state index < -0.39 is 5.67 Å². The Labute approximate surface area is 137 Å². The van der Waals surface area contributed by atoms with Gasteiger partial charge in [-0.2, -0.15) is 0 Å². The molecule has 0 spiro atoms. The van der Waals surface area contributed by atoms with E-state index in [9.17, 15) is 4.39 Å². The van der Waals surface area contributed by atoms with Crippen LogP contribution in [0.1, 0.15) is 60.3 Å². The van der Waals surface area contributed by atoms with Crippen molar-refractivity contribution in [1.29, 1.82) is 0 Å². The van der Waals surface area contributed by atoms with Crippen LogP contribution in [0.3, 0.4) is 0 Å². The molecular weight excluding hydrogens is 279 g/mol. The molecule has 3 aliphatic rings. The molecule has 4 heteroatoms. The van der Waals surface area contributed by atoms with E-state index in [1.54, 1.807) is 6.92 Å². The van der Waals surface area contributed by atoms with Gasteiger partial charge in [-0.05, 0) is 38.5 Å². The number of ether oxygens (including phenoxy) is 1. The van der Waals surface area contributed by atoms with Crippen LogP contribution in [0.25, 0.3) is 0 Å². The second-order valence-corrected chi connectivity index (χ2v) is 6.56. The van der Waals surface area contributed by atoms with Gasteiger partial charge < -0.3 is 10.1 Å². The molecule has 2 saturated heterocycles. The molecule has 0 aromatic rings. The summed E-state index contributed by atoms with van der Waals surface area (Å²) in [6, 6.07) is 1.08. The van der Waals surface area contributed by atoms with Gasteiger partial charge in [-0.25, -0.2) is 4.39 Å². The molecule has 2 atom stereocenters. The summed E-state index contributed by atoms with van der Waals surface area (Å²) in [4.78, 5) is 2.63. The Hall–Kier alpha value is -0.190. The molecule has 3 nitrogen and oxygen atoms in total. The molecule has 1 saturated carbocycles. The van der Waals surface area contributed by atoms with Crippen molar-refractivity contribution in [3.05, 3.63) is 0 Å². The topological polar surface area (TPSA) is 24.5 Å². The summed E-state index contributed by atoms with van der Waals surface area (Å²) in [5, 5.41) is 3.49. The summed E-state index contributed by atoms with van der Waals surface area (Å²) in [5.74, 6) is 0.690. The maximum atomic E-state index is 13.8. The smallest absolute Gasteiger partial charge is 0.108 e. The van der Waals surface area contributed by atoms with Crippen molar-refractivity contribution >= 4 is 0 Å². The van der Waals surface area contributed by atoms with Crippen molar-refractivity contribution < 1.29 is 9.13 Å². The minimum absolute atomic E-state index is 0.538. The lowest BCUT2D eigenvalue weighted by atomic mass is 9.80. The van der Waals surface area contributed by atoms with E-state index in [4.69, 9.17) is 4.74 Å². The Morgan fingerprint density at radius 3 is 2.05 bits per heavy atom. The van der Waals surface area contributed by atoms with E-state index in [0.717, 1.165) is 58.5 Å². The van der Waals surface area contributed by atoms with Crippen molar-refractivity contribution in [2.75, 3.05) is 32.8 Å². The van der Waals surface area contributed by atoms with Gasteiger partial charge >= 0.3 is 0 Å². The van der Waals surface area contributed by atoms with Gasteiger partial charge in [0, 0.05) is 31.7 Å². The van der Waals surface area contributed by atoms with E-state index in [2.05, 4.69) is 10.2 Å². The van der Waals surface area contributed by atoms with Gasteiger partial charge in [-0.3, -0.25) is 4.90 Å². The minimum Gasteiger partial charge on any atom is -0.378 e. The highest BCUT2D eigenvalue weighted by Gasteiger charge is 2.37. The molecule has 0 unspecified atom stereocenters. The van der Waals surface area contributed by atoms with Gasteiger partial charge in [0.15, 0.2) is 0 Å². The molecule has 2 aliphatic heterocycles. The van der Waals surface area contributed by atoms with Crippen LogP contribution < -0.4 is 5.32 Å². The van der Waals surface area contributed by atoms with Crippen LogP contribution in [0, 0.1) is 5.92 Å². The van der Waals surface area contributed by atoms with Crippen molar-refractivity contribution in [3.63, 3.8) is 0 Å². The summed E-state index contributed by atoms with van der Waals surface area (Å²) in [6.07, 6.45) is 3.60. The predicted octanol–water partition coefficient (Wildman–Crippen LogP) is 3.63. The number of hydrogen-bond donors (Lipinski definition) is 1. The van der Waals surface area contributed by atoms with Crippen LogP contribution >= 0.6 is 0 Å². The third-order valence-electron chi connectivity index (χ3n) is 4.94. The van der Waals surface area contributed by atoms with Crippen molar-refractivity contribution in [2.45, 2.75) is 78.1 Å². The highest BCUT2D eigenvalue weighted by molar-refractivity contribution is 4.93. The fraction of sp³-hybridized carbons (Fsp3) is 1.00. The van der Waals surface area contributed by atoms with E-state index in [-0.39, 0.29) is 0 Å². The number of fused-ring (bicyclic) bond motifs is 2. The normalized spacial score (nSPS) is 38.2. The average Bonchev–Trinajstić information content (AvgIpc) is 2.53. The van der Waals surface area contributed by atoms with E-state index in [1.165, 1.54) is 0 Å². The number of halogens is 1. The van der Waals surface area contributed by atoms with Gasteiger partial charge in [-0.1, -0.05) is 27.7 Å². The van der Waals surface area contributed by atoms with Crippen LogP contribution in [-0.4, -0.2) is 55.5 Å². The molecule has 0 radical (unpaired) electrons. The largest absolute Gasteiger partial charge is 0.378 e. The first kappa shape index (κ1) is 19.9. The predicted molar refractivity (Wildman–Crippen MR) is 92.1 cm³/mol. The van der Waals surface area contributed by atoms with Crippen LogP contribution in [-0.2, 0) is 4.74 Å². The Morgan fingerprint density at radius 1 is 1.05 bits per heavy atom. The standard InChI is InChI=1S/C14H25FN2O.2C2H6/c1-14(15)4-2-11(3-5-14)8-17-12-6-16-7-13(17)10-18-9-12;2*1-2/h11-13,16H,2-10H2,1H3;2*1-2H3/t11?,12-,13+,14?;;. The van der Waals surface area contributed by atoms with Gasteiger partial charge in [-0.15, -0.1) is 0 Å². The van der Waals surface area contributed by atoms with Crippen LogP contribution in [0.4, 0.5) is 4.39 Å². The molecule has 2 heterocycles. The quantitative estimate of drug-likeness (QED) is 0.842. The summed E-state index contributed by atoms with van der Waals surface area (Å²) in [5.41, 5.74) is -0.904. The van der Waals surface area contributed by atoms with E-state index >= 15 is 0 Å². The zero-order chi connectivity index (χ0) is 16.6. The van der Waals surface area contributed by atoms with Gasteiger partial charge in [0.25, 0.3) is 0 Å². The number of rotatable bonds is 2. The third-order valence-corrected chi connectivity index (χ3v) is 4.94. The molecule has 22 heavy (non-hydrogen) atoms. The molecule has 2 bridgehead atoms. The minimum atomic E-state index is -0.904. The summed E-state index contributed by atoms with van der Waals surface area (Å²) in [6.45, 7) is 14.7. The summed E-state index contributed by atoms with van der Waals surface area (Å²) in [7, 11) is 0. The Bertz CT molecular complexity index is 267. The van der Waals surface area contributed by atoms with Gasteiger partial charge in [0.1, 0.15) is 5.67 Å². The lowest BCUT2D eigenvalue weighted by Crippen LogP contribution is -2.64. The van der Waals surface area contributed by atoms with Crippen molar-refractivity contribution in [1.82, 2.24) is 10.2 Å². The van der Waals surface area contributed by atoms with Crippen LogP contribution in [0.2, 0.25) is 0 Å². The third kappa shape index (κ3) is 5.47. The van der Waals surface area contributed by atoms with Crippen molar-refractivity contribution in [2.24, 2.45) is 5.92 Å². The zero-order valence-electron chi connectivity index (χ0n) is 15.3. The molecular formula is C18H37FN2O. The zero-order valence-corrected chi connectivity index (χ0v) is 15.3. The van der Waals surface area contributed by atoms with E-state index in [1.807, 2.05) is 27.7 Å². The molecule has 0 aromatic carbocycles. The molecule has 0 amide bonds. The fourth-order valence-corrected chi connectivity index (χ4v) is 3.66. The average molecular weight is 317 g/mol. The first-order valence-corrected chi connectivity index (χ1v) is 9.37. The SMILES string of the molecule is CC.CC.CC1(F)CCC(CN2[C@@H]3CNC[C@H]2COC3)CC1. The number of nitrogens with one attached hydrogen (secondary N) is 1. The van der Waals surface area contributed by atoms with Gasteiger partial charge in [0.05, 0.1) is 13.2 Å².